The molecule has 0 spiro atoms. The van der Waals surface area contributed by atoms with Gasteiger partial charge in [0.2, 0.25) is 0 Å². The molecule has 0 saturated carbocycles. The maximum Gasteiger partial charge on any atom is 0.162 e. The molecule has 4 nitrogen and oxygen atoms in total. The zero-order valence-electron chi connectivity index (χ0n) is 12.6. The highest BCUT2D eigenvalue weighted by Gasteiger charge is 2.13. The number of rotatable bonds is 7. The SMILES string of the molecule is CCCn1cc(CCCN)c2cc(OC)c(OC)cc21. The largest absolute Gasteiger partial charge is 0.493 e. The Morgan fingerprint density at radius 1 is 1.15 bits per heavy atom. The van der Waals surface area contributed by atoms with E-state index in [1.807, 2.05) is 0 Å². The molecule has 0 aliphatic rings. The highest BCUT2D eigenvalue weighted by atomic mass is 16.5. The van der Waals surface area contributed by atoms with Gasteiger partial charge in [-0.1, -0.05) is 6.92 Å². The molecule has 0 radical (unpaired) electrons. The van der Waals surface area contributed by atoms with Gasteiger partial charge in [0, 0.05) is 24.2 Å². The van der Waals surface area contributed by atoms with Gasteiger partial charge in [-0.2, -0.15) is 0 Å². The van der Waals surface area contributed by atoms with Gasteiger partial charge in [-0.15, -0.1) is 0 Å². The standard InChI is InChI=1S/C16H24N2O2/c1-4-8-18-11-12(6-5-7-17)13-9-15(19-2)16(20-3)10-14(13)18/h9-11H,4-8,17H2,1-3H3. The number of hydrogen-bond acceptors (Lipinski definition) is 3. The van der Waals surface area contributed by atoms with E-state index in [1.54, 1.807) is 14.2 Å². The summed E-state index contributed by atoms with van der Waals surface area (Å²) in [5.41, 5.74) is 8.17. The molecule has 0 unspecified atom stereocenters. The van der Waals surface area contributed by atoms with Crippen molar-refractivity contribution in [1.29, 1.82) is 0 Å². The number of hydrogen-bond donors (Lipinski definition) is 1. The van der Waals surface area contributed by atoms with Crippen LogP contribution in [0.3, 0.4) is 0 Å². The lowest BCUT2D eigenvalue weighted by Gasteiger charge is -2.09. The van der Waals surface area contributed by atoms with Crippen molar-refractivity contribution >= 4 is 10.9 Å². The monoisotopic (exact) mass is 276 g/mol. The average Bonchev–Trinajstić information content (AvgIpc) is 2.81. The first-order valence-electron chi connectivity index (χ1n) is 7.19. The second kappa shape index (κ2) is 6.66. The minimum atomic E-state index is 0.716. The molecule has 2 rings (SSSR count). The molecule has 2 N–H and O–H groups in total. The van der Waals surface area contributed by atoms with Crippen LogP contribution in [0.5, 0.6) is 11.5 Å². The van der Waals surface area contributed by atoms with Crippen LogP contribution in [0.4, 0.5) is 0 Å². The summed E-state index contributed by atoms with van der Waals surface area (Å²) >= 11 is 0. The number of fused-ring (bicyclic) bond motifs is 1. The van der Waals surface area contributed by atoms with Gasteiger partial charge < -0.3 is 19.8 Å². The minimum absolute atomic E-state index is 0.716. The molecule has 20 heavy (non-hydrogen) atoms. The van der Waals surface area contributed by atoms with Gasteiger partial charge in [0.25, 0.3) is 0 Å². The van der Waals surface area contributed by atoms with E-state index >= 15 is 0 Å². The summed E-state index contributed by atoms with van der Waals surface area (Å²) in [6.07, 6.45) is 5.34. The predicted octanol–water partition coefficient (Wildman–Crippen LogP) is 2.96. The Kier molecular flexibility index (Phi) is 4.90. The van der Waals surface area contributed by atoms with Gasteiger partial charge in [-0.3, -0.25) is 0 Å². The van der Waals surface area contributed by atoms with E-state index in [4.69, 9.17) is 15.2 Å². The summed E-state index contributed by atoms with van der Waals surface area (Å²) in [5, 5.41) is 1.24. The van der Waals surface area contributed by atoms with Crippen molar-refractivity contribution < 1.29 is 9.47 Å². The average molecular weight is 276 g/mol. The predicted molar refractivity (Wildman–Crippen MR) is 82.7 cm³/mol. The quantitative estimate of drug-likeness (QED) is 0.846. The van der Waals surface area contributed by atoms with Crippen molar-refractivity contribution in [3.8, 4) is 11.5 Å². The van der Waals surface area contributed by atoms with Gasteiger partial charge in [-0.05, 0) is 37.4 Å². The van der Waals surface area contributed by atoms with Crippen molar-refractivity contribution in [3.05, 3.63) is 23.9 Å². The normalized spacial score (nSPS) is 11.0. The fraction of sp³-hybridized carbons (Fsp3) is 0.500. The summed E-state index contributed by atoms with van der Waals surface area (Å²) in [6.45, 7) is 3.91. The van der Waals surface area contributed by atoms with Gasteiger partial charge >= 0.3 is 0 Å². The molecule has 0 bridgehead atoms. The Hall–Kier alpha value is -1.68. The highest BCUT2D eigenvalue weighted by molar-refractivity contribution is 5.87. The Labute approximate surface area is 120 Å². The van der Waals surface area contributed by atoms with Crippen LogP contribution in [0.15, 0.2) is 18.3 Å². The first-order valence-corrected chi connectivity index (χ1v) is 7.19. The topological polar surface area (TPSA) is 49.4 Å². The number of nitrogens with zero attached hydrogens (tertiary/aromatic N) is 1. The molecule has 2 aromatic rings. The summed E-state index contributed by atoms with van der Waals surface area (Å²) in [4.78, 5) is 0. The molecular weight excluding hydrogens is 252 g/mol. The fourth-order valence-corrected chi connectivity index (χ4v) is 2.61. The van der Waals surface area contributed by atoms with Crippen LogP contribution in [0, 0.1) is 0 Å². The first-order chi connectivity index (χ1) is 9.74. The van der Waals surface area contributed by atoms with Crippen LogP contribution in [-0.4, -0.2) is 25.3 Å². The highest BCUT2D eigenvalue weighted by Crippen LogP contribution is 2.35. The van der Waals surface area contributed by atoms with E-state index < -0.39 is 0 Å². The van der Waals surface area contributed by atoms with E-state index in [0.717, 1.165) is 37.3 Å². The second-order valence-electron chi connectivity index (χ2n) is 4.96. The Morgan fingerprint density at radius 3 is 2.45 bits per heavy atom. The van der Waals surface area contributed by atoms with Crippen LogP contribution in [0.2, 0.25) is 0 Å². The maximum absolute atomic E-state index is 5.64. The summed E-state index contributed by atoms with van der Waals surface area (Å²) in [5.74, 6) is 1.56. The van der Waals surface area contributed by atoms with Gasteiger partial charge in [0.05, 0.1) is 19.7 Å². The van der Waals surface area contributed by atoms with Crippen LogP contribution >= 0.6 is 0 Å². The molecule has 0 atom stereocenters. The number of ether oxygens (including phenoxy) is 2. The Balaban J connectivity index is 2.56. The van der Waals surface area contributed by atoms with Gasteiger partial charge in [0.15, 0.2) is 11.5 Å². The maximum atomic E-state index is 5.64. The second-order valence-corrected chi connectivity index (χ2v) is 4.96. The lowest BCUT2D eigenvalue weighted by atomic mass is 10.1. The smallest absolute Gasteiger partial charge is 0.162 e. The molecule has 1 aromatic carbocycles. The fourth-order valence-electron chi connectivity index (χ4n) is 2.61. The number of nitrogens with two attached hydrogens (primary N) is 1. The number of benzene rings is 1. The van der Waals surface area contributed by atoms with Crippen molar-refractivity contribution in [2.45, 2.75) is 32.7 Å². The van der Waals surface area contributed by atoms with Crippen LogP contribution in [0.25, 0.3) is 10.9 Å². The zero-order valence-corrected chi connectivity index (χ0v) is 12.6. The molecule has 0 amide bonds. The minimum Gasteiger partial charge on any atom is -0.493 e. The molecule has 0 aliphatic carbocycles. The molecule has 1 heterocycles. The lowest BCUT2D eigenvalue weighted by Crippen LogP contribution is -2.00. The summed E-state index contributed by atoms with van der Waals surface area (Å²) in [7, 11) is 3.35. The van der Waals surface area contributed by atoms with Crippen molar-refractivity contribution in [2.75, 3.05) is 20.8 Å². The summed E-state index contributed by atoms with van der Waals surface area (Å²) < 4.78 is 13.1. The molecule has 110 valence electrons. The van der Waals surface area contributed by atoms with E-state index in [9.17, 15) is 0 Å². The first kappa shape index (κ1) is 14.7. The van der Waals surface area contributed by atoms with Crippen molar-refractivity contribution in [1.82, 2.24) is 4.57 Å². The third-order valence-electron chi connectivity index (χ3n) is 3.58. The molecular formula is C16H24N2O2. The molecule has 0 saturated heterocycles. The van der Waals surface area contributed by atoms with Gasteiger partial charge in [-0.25, -0.2) is 0 Å². The number of aromatic nitrogens is 1. The van der Waals surface area contributed by atoms with Crippen molar-refractivity contribution in [3.63, 3.8) is 0 Å². The lowest BCUT2D eigenvalue weighted by molar-refractivity contribution is 0.355. The third kappa shape index (κ3) is 2.75. The van der Waals surface area contributed by atoms with E-state index in [0.29, 0.717) is 6.54 Å². The molecule has 1 aromatic heterocycles. The van der Waals surface area contributed by atoms with E-state index in [1.165, 1.54) is 16.5 Å². The van der Waals surface area contributed by atoms with E-state index in [-0.39, 0.29) is 0 Å². The van der Waals surface area contributed by atoms with Crippen LogP contribution in [-0.2, 0) is 13.0 Å². The Morgan fingerprint density at radius 2 is 1.85 bits per heavy atom. The number of aryl methyl sites for hydroxylation is 2. The van der Waals surface area contributed by atoms with Crippen LogP contribution in [0.1, 0.15) is 25.3 Å². The van der Waals surface area contributed by atoms with Crippen LogP contribution < -0.4 is 15.2 Å². The Bertz CT molecular complexity index is 575. The molecule has 4 heteroatoms. The molecule has 0 fully saturated rings. The summed E-state index contributed by atoms with van der Waals surface area (Å²) in [6, 6.07) is 4.14. The zero-order chi connectivity index (χ0) is 14.5. The van der Waals surface area contributed by atoms with E-state index in [2.05, 4.69) is 29.8 Å². The number of methoxy groups -OCH3 is 2. The van der Waals surface area contributed by atoms with Crippen molar-refractivity contribution in [2.24, 2.45) is 5.73 Å². The van der Waals surface area contributed by atoms with Gasteiger partial charge in [0.1, 0.15) is 0 Å². The molecule has 0 aliphatic heterocycles. The third-order valence-corrected chi connectivity index (χ3v) is 3.58.